The van der Waals surface area contributed by atoms with Crippen LogP contribution in [0.2, 0.25) is 0 Å². The van der Waals surface area contributed by atoms with Crippen molar-refractivity contribution >= 4 is 31.4 Å². The third kappa shape index (κ3) is 4.38. The minimum absolute atomic E-state index is 0.00789. The molecule has 0 bridgehead atoms. The van der Waals surface area contributed by atoms with Gasteiger partial charge in [-0.15, -0.1) is 0 Å². The number of hydrogen-bond donors (Lipinski definition) is 0. The number of carbonyl (C=O) groups is 1. The van der Waals surface area contributed by atoms with Crippen LogP contribution in [0.25, 0.3) is 0 Å². The van der Waals surface area contributed by atoms with Gasteiger partial charge in [0, 0.05) is 29.4 Å². The molecular weight excluding hydrogens is 326 g/mol. The molecule has 0 saturated carbocycles. The predicted molar refractivity (Wildman–Crippen MR) is 73.0 cm³/mol. The molecule has 0 aromatic heterocycles. The largest absolute Gasteiger partial charge is 0.460 e. The quantitative estimate of drug-likeness (QED) is 0.255. The Bertz CT molecular complexity index is 671. The maximum Gasteiger partial charge on any atom is 0.338 e. The van der Waals surface area contributed by atoms with Crippen LogP contribution in [-0.2, 0) is 18.5 Å². The first-order valence-corrected chi connectivity index (χ1v) is 7.89. The fraction of sp³-hybridized carbons (Fsp3) is 0.364. The van der Waals surface area contributed by atoms with Gasteiger partial charge in [-0.2, -0.15) is 0 Å². The third-order valence-corrected chi connectivity index (χ3v) is 3.91. The van der Waals surface area contributed by atoms with Gasteiger partial charge in [-0.25, -0.2) is 13.2 Å². The van der Waals surface area contributed by atoms with Gasteiger partial charge in [-0.05, 0) is 13.0 Å². The number of benzene rings is 1. The minimum Gasteiger partial charge on any atom is -0.460 e. The Hall–Kier alpha value is -1.71. The fourth-order valence-corrected chi connectivity index (χ4v) is 2.29. The molecular formula is C11H12ClNO7S. The summed E-state index contributed by atoms with van der Waals surface area (Å²) in [7, 11) is 2.35. The SMILES string of the molecule is COCCOC(=O)c1cc(S(=O)(=O)Cl)cc([N+](=O)[O-])c1C. The number of nitrogens with zero attached hydrogens (tertiary/aromatic N) is 1. The van der Waals surface area contributed by atoms with E-state index in [-0.39, 0.29) is 24.3 Å². The number of methoxy groups -OCH3 is 1. The zero-order valence-corrected chi connectivity index (χ0v) is 12.7. The van der Waals surface area contributed by atoms with Crippen LogP contribution in [0.15, 0.2) is 17.0 Å². The van der Waals surface area contributed by atoms with Crippen LogP contribution in [-0.4, -0.2) is 39.6 Å². The van der Waals surface area contributed by atoms with Gasteiger partial charge in [0.05, 0.1) is 22.0 Å². The molecule has 1 aromatic carbocycles. The number of nitro benzene ring substituents is 1. The van der Waals surface area contributed by atoms with Crippen molar-refractivity contribution in [3.63, 3.8) is 0 Å². The Morgan fingerprint density at radius 1 is 1.38 bits per heavy atom. The Morgan fingerprint density at radius 2 is 2.00 bits per heavy atom. The van der Waals surface area contributed by atoms with Gasteiger partial charge in [0.25, 0.3) is 14.7 Å². The summed E-state index contributed by atoms with van der Waals surface area (Å²) in [6, 6.07) is 1.74. The third-order valence-electron chi connectivity index (χ3n) is 2.57. The number of ether oxygens (including phenoxy) is 2. The van der Waals surface area contributed by atoms with E-state index < -0.39 is 30.5 Å². The summed E-state index contributed by atoms with van der Waals surface area (Å²) in [5.74, 6) is -0.894. The summed E-state index contributed by atoms with van der Waals surface area (Å²) in [6.45, 7) is 1.39. The van der Waals surface area contributed by atoms with Gasteiger partial charge >= 0.3 is 5.97 Å². The van der Waals surface area contributed by atoms with E-state index in [1.807, 2.05) is 0 Å². The highest BCUT2D eigenvalue weighted by Gasteiger charge is 2.25. The van der Waals surface area contributed by atoms with Gasteiger partial charge in [-0.1, -0.05) is 0 Å². The molecule has 0 N–H and O–H groups in total. The van der Waals surface area contributed by atoms with Crippen molar-refractivity contribution in [2.75, 3.05) is 20.3 Å². The molecule has 0 aliphatic rings. The molecule has 0 heterocycles. The molecule has 0 unspecified atom stereocenters. The van der Waals surface area contributed by atoms with E-state index in [0.29, 0.717) is 0 Å². The van der Waals surface area contributed by atoms with Crippen molar-refractivity contribution < 1.29 is 27.6 Å². The van der Waals surface area contributed by atoms with Crippen molar-refractivity contribution in [1.82, 2.24) is 0 Å². The molecule has 8 nitrogen and oxygen atoms in total. The second-order valence-corrected chi connectivity index (χ2v) is 6.50. The highest BCUT2D eigenvalue weighted by atomic mass is 35.7. The second-order valence-electron chi connectivity index (χ2n) is 3.94. The van der Waals surface area contributed by atoms with E-state index >= 15 is 0 Å². The molecule has 0 aliphatic heterocycles. The Labute approximate surface area is 125 Å². The summed E-state index contributed by atoms with van der Waals surface area (Å²) >= 11 is 0. The summed E-state index contributed by atoms with van der Waals surface area (Å²) in [5.41, 5.74) is -0.776. The maximum atomic E-state index is 11.9. The van der Waals surface area contributed by atoms with Crippen LogP contribution in [0.5, 0.6) is 0 Å². The van der Waals surface area contributed by atoms with Crippen molar-refractivity contribution in [3.05, 3.63) is 33.4 Å². The molecule has 0 radical (unpaired) electrons. The van der Waals surface area contributed by atoms with Crippen molar-refractivity contribution in [3.8, 4) is 0 Å². The molecule has 10 heteroatoms. The molecule has 0 aliphatic carbocycles. The van der Waals surface area contributed by atoms with Crippen LogP contribution >= 0.6 is 10.7 Å². The van der Waals surface area contributed by atoms with Crippen molar-refractivity contribution in [2.24, 2.45) is 0 Å². The molecule has 1 aromatic rings. The minimum atomic E-state index is -4.22. The van der Waals surface area contributed by atoms with E-state index in [2.05, 4.69) is 0 Å². The summed E-state index contributed by atoms with van der Waals surface area (Å²) in [6.07, 6.45) is 0. The van der Waals surface area contributed by atoms with E-state index in [9.17, 15) is 23.3 Å². The summed E-state index contributed by atoms with van der Waals surface area (Å²) in [4.78, 5) is 21.4. The molecule has 116 valence electrons. The highest BCUT2D eigenvalue weighted by Crippen LogP contribution is 2.28. The van der Waals surface area contributed by atoms with Gasteiger partial charge in [0.2, 0.25) is 0 Å². The number of carbonyl (C=O) groups excluding carboxylic acids is 1. The van der Waals surface area contributed by atoms with Gasteiger partial charge in [0.15, 0.2) is 0 Å². The smallest absolute Gasteiger partial charge is 0.338 e. The van der Waals surface area contributed by atoms with E-state index in [1.165, 1.54) is 14.0 Å². The van der Waals surface area contributed by atoms with Crippen molar-refractivity contribution in [1.29, 1.82) is 0 Å². The normalized spacial score (nSPS) is 11.2. The highest BCUT2D eigenvalue weighted by molar-refractivity contribution is 8.13. The topological polar surface area (TPSA) is 113 Å². The first-order valence-electron chi connectivity index (χ1n) is 5.58. The van der Waals surface area contributed by atoms with Crippen LogP contribution < -0.4 is 0 Å². The maximum absolute atomic E-state index is 11.9. The zero-order chi connectivity index (χ0) is 16.2. The lowest BCUT2D eigenvalue weighted by Gasteiger charge is -2.08. The molecule has 21 heavy (non-hydrogen) atoms. The predicted octanol–water partition coefficient (Wildman–Crippen LogP) is 1.63. The van der Waals surface area contributed by atoms with Gasteiger partial charge in [0.1, 0.15) is 6.61 Å². The van der Waals surface area contributed by atoms with Gasteiger partial charge < -0.3 is 9.47 Å². The Morgan fingerprint density at radius 3 is 2.48 bits per heavy atom. The number of halogens is 1. The summed E-state index contributed by atoms with van der Waals surface area (Å²) in [5, 5.41) is 10.9. The zero-order valence-electron chi connectivity index (χ0n) is 11.2. The number of rotatable bonds is 6. The standard InChI is InChI=1S/C11H12ClNO7S/c1-7-9(11(14)20-4-3-19-2)5-8(21(12,17)18)6-10(7)13(15)16/h5-6H,3-4H2,1-2H3. The van der Waals surface area contributed by atoms with E-state index in [1.54, 1.807) is 0 Å². The lowest BCUT2D eigenvalue weighted by molar-refractivity contribution is -0.385. The number of hydrogen-bond acceptors (Lipinski definition) is 7. The summed E-state index contributed by atoms with van der Waals surface area (Å²) < 4.78 is 32.2. The lowest BCUT2D eigenvalue weighted by Crippen LogP contribution is -2.13. The molecule has 0 spiro atoms. The van der Waals surface area contributed by atoms with Crippen LogP contribution in [0.1, 0.15) is 15.9 Å². The first-order chi connectivity index (χ1) is 9.68. The number of nitro groups is 1. The van der Waals surface area contributed by atoms with E-state index in [0.717, 1.165) is 12.1 Å². The molecule has 0 fully saturated rings. The Kier molecular flexibility index (Phi) is 5.64. The Balaban J connectivity index is 3.33. The van der Waals surface area contributed by atoms with Crippen LogP contribution in [0.4, 0.5) is 5.69 Å². The van der Waals surface area contributed by atoms with E-state index in [4.69, 9.17) is 20.2 Å². The first kappa shape index (κ1) is 17.3. The molecule has 0 amide bonds. The lowest BCUT2D eigenvalue weighted by atomic mass is 10.1. The van der Waals surface area contributed by atoms with Gasteiger partial charge in [-0.3, -0.25) is 10.1 Å². The van der Waals surface area contributed by atoms with Crippen LogP contribution in [0.3, 0.4) is 0 Å². The monoisotopic (exact) mass is 337 g/mol. The molecule has 0 atom stereocenters. The van der Waals surface area contributed by atoms with Crippen molar-refractivity contribution in [2.45, 2.75) is 11.8 Å². The van der Waals surface area contributed by atoms with Crippen LogP contribution in [0, 0.1) is 17.0 Å². The molecule has 1 rings (SSSR count). The fourth-order valence-electron chi connectivity index (χ4n) is 1.51. The second kappa shape index (κ2) is 6.83. The average Bonchev–Trinajstić information content (AvgIpc) is 2.37. The molecule has 0 saturated heterocycles. The average molecular weight is 338 g/mol. The number of esters is 1.